The summed E-state index contributed by atoms with van der Waals surface area (Å²) in [6.07, 6.45) is 1.70. The number of ether oxygens (including phenoxy) is 1. The molecule has 3 nitrogen and oxygen atoms in total. The molecule has 0 atom stereocenters. The predicted octanol–water partition coefficient (Wildman–Crippen LogP) is 3.36. The molecule has 0 unspecified atom stereocenters. The van der Waals surface area contributed by atoms with Crippen LogP contribution >= 0.6 is 13.5 Å². The van der Waals surface area contributed by atoms with Crippen molar-refractivity contribution in [2.75, 3.05) is 0 Å². The summed E-state index contributed by atoms with van der Waals surface area (Å²) in [5, 5.41) is 10.5. The van der Waals surface area contributed by atoms with E-state index in [4.69, 9.17) is 10.00 Å². The lowest BCUT2D eigenvalue weighted by atomic mass is 10.1. The summed E-state index contributed by atoms with van der Waals surface area (Å²) in [4.78, 5) is 4.53. The molecule has 1 heterocycles. The number of fused-ring (bicyclic) bond motifs is 2. The number of benzene rings is 2. The van der Waals surface area contributed by atoms with Gasteiger partial charge in [0.1, 0.15) is 0 Å². The summed E-state index contributed by atoms with van der Waals surface area (Å²) in [7, 11) is 0. The Morgan fingerprint density at radius 2 is 1.78 bits per heavy atom. The van der Waals surface area contributed by atoms with Gasteiger partial charge in [-0.15, -0.1) is 5.26 Å². The maximum Gasteiger partial charge on any atom is 0.292 e. The molecule has 18 heavy (non-hydrogen) atoms. The van der Waals surface area contributed by atoms with Crippen molar-refractivity contribution in [1.82, 2.24) is 4.98 Å². The van der Waals surface area contributed by atoms with Gasteiger partial charge in [-0.1, -0.05) is 24.3 Å². The van der Waals surface area contributed by atoms with Crippen LogP contribution in [0.2, 0.25) is 0 Å². The lowest BCUT2D eigenvalue weighted by Crippen LogP contribution is -1.87. The van der Waals surface area contributed by atoms with Crippen molar-refractivity contribution < 1.29 is 4.74 Å². The van der Waals surface area contributed by atoms with Crippen LogP contribution in [0.15, 0.2) is 48.5 Å². The fourth-order valence-electron chi connectivity index (χ4n) is 1.91. The SMILES string of the molecule is N#COc1cccc2nc3ccccc3cc12.S. The highest BCUT2D eigenvalue weighted by Gasteiger charge is 2.04. The molecule has 0 aliphatic heterocycles. The van der Waals surface area contributed by atoms with Gasteiger partial charge in [-0.05, 0) is 24.3 Å². The summed E-state index contributed by atoms with van der Waals surface area (Å²) in [6, 6.07) is 15.4. The van der Waals surface area contributed by atoms with Crippen molar-refractivity contribution in [2.45, 2.75) is 0 Å². The van der Waals surface area contributed by atoms with Gasteiger partial charge in [-0.25, -0.2) is 4.98 Å². The topological polar surface area (TPSA) is 45.9 Å². The van der Waals surface area contributed by atoms with Gasteiger partial charge in [0.15, 0.2) is 5.75 Å². The second kappa shape index (κ2) is 4.94. The van der Waals surface area contributed by atoms with E-state index in [1.54, 1.807) is 12.3 Å². The highest BCUT2D eigenvalue weighted by atomic mass is 32.1. The van der Waals surface area contributed by atoms with Crippen LogP contribution in [0.3, 0.4) is 0 Å². The number of pyridine rings is 1. The largest absolute Gasteiger partial charge is 0.387 e. The summed E-state index contributed by atoms with van der Waals surface area (Å²) in [5.41, 5.74) is 1.77. The standard InChI is InChI=1S/C14H8N2O.H2S/c15-9-17-14-7-3-6-13-11(14)8-10-4-1-2-5-12(10)16-13;/h1-8H;1H2. The molecule has 0 aliphatic rings. The van der Waals surface area contributed by atoms with E-state index >= 15 is 0 Å². The monoisotopic (exact) mass is 254 g/mol. The number of rotatable bonds is 1. The quantitative estimate of drug-likeness (QED) is 0.494. The molecule has 0 radical (unpaired) electrons. The molecular formula is C14H10N2OS. The molecule has 4 heteroatoms. The van der Waals surface area contributed by atoms with E-state index in [1.807, 2.05) is 42.5 Å². The van der Waals surface area contributed by atoms with Crippen molar-refractivity contribution in [3.8, 4) is 12.0 Å². The lowest BCUT2D eigenvalue weighted by molar-refractivity contribution is 0.513. The minimum Gasteiger partial charge on any atom is -0.387 e. The highest BCUT2D eigenvalue weighted by molar-refractivity contribution is 7.59. The van der Waals surface area contributed by atoms with Gasteiger partial charge >= 0.3 is 0 Å². The molecule has 88 valence electrons. The Balaban J connectivity index is 0.00000120. The van der Waals surface area contributed by atoms with E-state index in [0.29, 0.717) is 5.75 Å². The smallest absolute Gasteiger partial charge is 0.292 e. The number of hydrogen-bond acceptors (Lipinski definition) is 3. The molecule has 0 spiro atoms. The Kier molecular flexibility index (Phi) is 3.35. The normalized spacial score (nSPS) is 9.72. The summed E-state index contributed by atoms with van der Waals surface area (Å²) >= 11 is 0. The minimum atomic E-state index is 0. The number of nitrogens with zero attached hydrogens (tertiary/aromatic N) is 2. The Morgan fingerprint density at radius 1 is 1.00 bits per heavy atom. The predicted molar refractivity (Wildman–Crippen MR) is 75.9 cm³/mol. The van der Waals surface area contributed by atoms with Gasteiger partial charge in [-0.2, -0.15) is 13.5 Å². The van der Waals surface area contributed by atoms with Gasteiger partial charge in [0.05, 0.1) is 11.0 Å². The average Bonchev–Trinajstić information content (AvgIpc) is 2.37. The summed E-state index contributed by atoms with van der Waals surface area (Å²) < 4.78 is 4.93. The van der Waals surface area contributed by atoms with Crippen LogP contribution in [0, 0.1) is 11.5 Å². The Hall–Kier alpha value is -2.25. The zero-order valence-electron chi connectivity index (χ0n) is 9.42. The van der Waals surface area contributed by atoms with Crippen molar-refractivity contribution in [3.05, 3.63) is 48.5 Å². The third-order valence-electron chi connectivity index (χ3n) is 2.68. The van der Waals surface area contributed by atoms with Gasteiger partial charge in [0, 0.05) is 10.8 Å². The Bertz CT molecular complexity index is 749. The fraction of sp³-hybridized carbons (Fsp3) is 0. The van der Waals surface area contributed by atoms with E-state index in [1.165, 1.54) is 0 Å². The third-order valence-corrected chi connectivity index (χ3v) is 2.68. The second-order valence-corrected chi connectivity index (χ2v) is 3.70. The van der Waals surface area contributed by atoms with E-state index in [0.717, 1.165) is 21.8 Å². The Morgan fingerprint density at radius 3 is 2.61 bits per heavy atom. The van der Waals surface area contributed by atoms with Crippen molar-refractivity contribution in [3.63, 3.8) is 0 Å². The zero-order chi connectivity index (χ0) is 11.7. The molecule has 3 aromatic rings. The number of para-hydroxylation sites is 1. The zero-order valence-corrected chi connectivity index (χ0v) is 10.4. The first kappa shape index (κ1) is 12.2. The van der Waals surface area contributed by atoms with Crippen LogP contribution in [-0.2, 0) is 0 Å². The van der Waals surface area contributed by atoms with E-state index in [2.05, 4.69) is 4.98 Å². The van der Waals surface area contributed by atoms with Crippen LogP contribution in [0.5, 0.6) is 5.75 Å². The third kappa shape index (κ3) is 1.96. The van der Waals surface area contributed by atoms with Crippen LogP contribution in [0.25, 0.3) is 21.8 Å². The van der Waals surface area contributed by atoms with E-state index in [9.17, 15) is 0 Å². The molecule has 0 amide bonds. The van der Waals surface area contributed by atoms with Gasteiger partial charge < -0.3 is 4.74 Å². The molecule has 3 rings (SSSR count). The molecule has 0 saturated heterocycles. The molecule has 0 aliphatic carbocycles. The van der Waals surface area contributed by atoms with Crippen molar-refractivity contribution in [1.29, 1.82) is 5.26 Å². The maximum absolute atomic E-state index is 8.60. The van der Waals surface area contributed by atoms with Crippen molar-refractivity contribution >= 4 is 35.3 Å². The van der Waals surface area contributed by atoms with E-state index < -0.39 is 0 Å². The van der Waals surface area contributed by atoms with Gasteiger partial charge in [-0.3, -0.25) is 0 Å². The lowest BCUT2D eigenvalue weighted by Gasteiger charge is -2.04. The van der Waals surface area contributed by atoms with Gasteiger partial charge in [0.2, 0.25) is 0 Å². The molecule has 0 saturated carbocycles. The molecule has 0 bridgehead atoms. The van der Waals surface area contributed by atoms with Crippen LogP contribution in [-0.4, -0.2) is 4.98 Å². The summed E-state index contributed by atoms with van der Waals surface area (Å²) in [5.74, 6) is 0.545. The second-order valence-electron chi connectivity index (χ2n) is 3.70. The Labute approximate surface area is 111 Å². The number of hydrogen-bond donors (Lipinski definition) is 0. The van der Waals surface area contributed by atoms with Gasteiger partial charge in [0.25, 0.3) is 6.26 Å². The molecule has 1 aromatic heterocycles. The fourth-order valence-corrected chi connectivity index (χ4v) is 1.91. The highest BCUT2D eigenvalue weighted by Crippen LogP contribution is 2.27. The van der Waals surface area contributed by atoms with E-state index in [-0.39, 0.29) is 13.5 Å². The molecule has 0 fully saturated rings. The number of nitriles is 1. The first-order valence-electron chi connectivity index (χ1n) is 5.23. The first-order valence-corrected chi connectivity index (χ1v) is 5.23. The van der Waals surface area contributed by atoms with Crippen molar-refractivity contribution in [2.24, 2.45) is 0 Å². The number of aromatic nitrogens is 1. The summed E-state index contributed by atoms with van der Waals surface area (Å²) in [6.45, 7) is 0. The molecule has 2 aromatic carbocycles. The maximum atomic E-state index is 8.60. The van der Waals surface area contributed by atoms with Crippen LogP contribution in [0.1, 0.15) is 0 Å². The van der Waals surface area contributed by atoms with Crippen LogP contribution < -0.4 is 4.74 Å². The minimum absolute atomic E-state index is 0. The molecular weight excluding hydrogens is 244 g/mol. The first-order chi connectivity index (χ1) is 8.38. The average molecular weight is 254 g/mol. The van der Waals surface area contributed by atoms with Crippen LogP contribution in [0.4, 0.5) is 0 Å². The molecule has 0 N–H and O–H groups in total.